The fraction of sp³-hybridized carbons (Fsp3) is 0.438. The number of hydrogen-bond donors (Lipinski definition) is 2. The Kier molecular flexibility index (Phi) is 6.92. The minimum atomic E-state index is -0.557. The number of Topliss-reactive ketones (excluding diaryl/α,β-unsaturated/α-hetero) is 1. The highest BCUT2D eigenvalue weighted by molar-refractivity contribution is 7.99. The number of ketones is 1. The van der Waals surface area contributed by atoms with Gasteiger partial charge in [-0.25, -0.2) is 9.78 Å². The summed E-state index contributed by atoms with van der Waals surface area (Å²) in [5, 5.41) is 10.3. The second-order valence-corrected chi connectivity index (χ2v) is 7.26. The number of aromatic nitrogens is 3. The molecule has 140 valence electrons. The number of carbonyl (C=O) groups is 3. The van der Waals surface area contributed by atoms with Gasteiger partial charge >= 0.3 is 5.97 Å². The molecule has 0 unspecified atom stereocenters. The molecule has 1 amide bonds. The number of thioether (sulfide) groups is 1. The van der Waals surface area contributed by atoms with E-state index in [0.29, 0.717) is 20.6 Å². The van der Waals surface area contributed by atoms with E-state index in [-0.39, 0.29) is 29.6 Å². The smallest absolute Gasteiger partial charge is 0.341 e. The zero-order valence-corrected chi connectivity index (χ0v) is 16.6. The van der Waals surface area contributed by atoms with E-state index < -0.39 is 5.97 Å². The molecule has 8 nitrogen and oxygen atoms in total. The highest BCUT2D eigenvalue weighted by atomic mass is 32.2. The second-order valence-electron chi connectivity index (χ2n) is 5.29. The number of amides is 1. The molecule has 0 aromatic carbocycles. The Balaban J connectivity index is 2.13. The number of rotatable bonds is 8. The van der Waals surface area contributed by atoms with Crippen LogP contribution in [0.1, 0.15) is 52.2 Å². The van der Waals surface area contributed by atoms with E-state index in [4.69, 9.17) is 4.74 Å². The van der Waals surface area contributed by atoms with Crippen molar-refractivity contribution in [2.24, 2.45) is 0 Å². The van der Waals surface area contributed by atoms with Gasteiger partial charge in [-0.2, -0.15) is 0 Å². The number of anilines is 1. The van der Waals surface area contributed by atoms with Crippen molar-refractivity contribution in [3.8, 4) is 0 Å². The van der Waals surface area contributed by atoms with Crippen molar-refractivity contribution in [2.75, 3.05) is 17.7 Å². The van der Waals surface area contributed by atoms with Crippen molar-refractivity contribution < 1.29 is 19.1 Å². The van der Waals surface area contributed by atoms with Gasteiger partial charge in [0.05, 0.1) is 22.8 Å². The molecule has 2 heterocycles. The van der Waals surface area contributed by atoms with Crippen LogP contribution < -0.4 is 5.32 Å². The Hall–Kier alpha value is -2.20. The minimum Gasteiger partial charge on any atom is -0.462 e. The quantitative estimate of drug-likeness (QED) is 0.400. The average molecular weight is 396 g/mol. The summed E-state index contributed by atoms with van der Waals surface area (Å²) >= 11 is 2.26. The van der Waals surface area contributed by atoms with Crippen LogP contribution >= 0.6 is 23.1 Å². The fourth-order valence-corrected chi connectivity index (χ4v) is 3.90. The molecular formula is C16H20N4O4S2. The third kappa shape index (κ3) is 4.70. The van der Waals surface area contributed by atoms with Gasteiger partial charge in [-0.15, -0.1) is 16.4 Å². The molecule has 0 radical (unpaired) electrons. The Bertz CT molecular complexity index is 828. The van der Waals surface area contributed by atoms with Crippen LogP contribution in [-0.2, 0) is 16.0 Å². The van der Waals surface area contributed by atoms with Gasteiger partial charge in [0.2, 0.25) is 11.1 Å². The standard InChI is InChI=1S/C16H20N4O4S2/c1-5-10-17-16(20-19-10)25-7-11(22)18-14-12(15(23)24-6-2)8(3)13(26-14)9(4)21/h5-7H2,1-4H3,(H,18,22)(H,17,19,20). The molecule has 0 fully saturated rings. The molecular weight excluding hydrogens is 376 g/mol. The van der Waals surface area contributed by atoms with Crippen molar-refractivity contribution in [1.29, 1.82) is 0 Å². The van der Waals surface area contributed by atoms with E-state index in [2.05, 4.69) is 20.5 Å². The number of ether oxygens (including phenoxy) is 1. The summed E-state index contributed by atoms with van der Waals surface area (Å²) in [6, 6.07) is 0. The van der Waals surface area contributed by atoms with E-state index in [1.807, 2.05) is 6.92 Å². The van der Waals surface area contributed by atoms with Crippen LogP contribution in [0, 0.1) is 6.92 Å². The van der Waals surface area contributed by atoms with Crippen LogP contribution in [-0.4, -0.2) is 45.2 Å². The monoisotopic (exact) mass is 396 g/mol. The lowest BCUT2D eigenvalue weighted by Crippen LogP contribution is -2.16. The summed E-state index contributed by atoms with van der Waals surface area (Å²) in [6.07, 6.45) is 0.727. The molecule has 2 aromatic heterocycles. The molecule has 2 N–H and O–H groups in total. The zero-order valence-electron chi connectivity index (χ0n) is 15.0. The van der Waals surface area contributed by atoms with Crippen molar-refractivity contribution in [3.63, 3.8) is 0 Å². The molecule has 0 aliphatic rings. The third-order valence-corrected chi connectivity index (χ3v) is 5.53. The lowest BCUT2D eigenvalue weighted by atomic mass is 10.1. The predicted octanol–water partition coefficient (Wildman–Crippen LogP) is 2.85. The maximum Gasteiger partial charge on any atom is 0.341 e. The number of H-pyrrole nitrogens is 1. The molecule has 26 heavy (non-hydrogen) atoms. The topological polar surface area (TPSA) is 114 Å². The van der Waals surface area contributed by atoms with Gasteiger partial charge in [0.1, 0.15) is 10.8 Å². The first-order valence-corrected chi connectivity index (χ1v) is 9.82. The largest absolute Gasteiger partial charge is 0.462 e. The van der Waals surface area contributed by atoms with Crippen LogP contribution in [0.2, 0.25) is 0 Å². The molecule has 0 spiro atoms. The second kappa shape index (κ2) is 8.95. The number of carbonyl (C=O) groups excluding carboxylic acids is 3. The molecule has 0 atom stereocenters. The van der Waals surface area contributed by atoms with Gasteiger partial charge in [0, 0.05) is 6.42 Å². The Morgan fingerprint density at radius 2 is 2.04 bits per heavy atom. The van der Waals surface area contributed by atoms with Gasteiger partial charge in [-0.05, 0) is 26.3 Å². The van der Waals surface area contributed by atoms with E-state index in [1.54, 1.807) is 13.8 Å². The lowest BCUT2D eigenvalue weighted by molar-refractivity contribution is -0.113. The molecule has 0 aliphatic heterocycles. The highest BCUT2D eigenvalue weighted by Gasteiger charge is 2.25. The van der Waals surface area contributed by atoms with Crippen LogP contribution in [0.25, 0.3) is 0 Å². The SMILES string of the molecule is CCOC(=O)c1c(NC(=O)CSc2n[nH]c(CC)n2)sc(C(C)=O)c1C. The summed E-state index contributed by atoms with van der Waals surface area (Å²) in [5.41, 5.74) is 0.747. The highest BCUT2D eigenvalue weighted by Crippen LogP contribution is 2.34. The van der Waals surface area contributed by atoms with Crippen LogP contribution in [0.3, 0.4) is 0 Å². The Morgan fingerprint density at radius 1 is 1.31 bits per heavy atom. The van der Waals surface area contributed by atoms with Crippen LogP contribution in [0.5, 0.6) is 0 Å². The Morgan fingerprint density at radius 3 is 2.62 bits per heavy atom. The van der Waals surface area contributed by atoms with Gasteiger partial charge < -0.3 is 10.1 Å². The van der Waals surface area contributed by atoms with Crippen LogP contribution in [0.15, 0.2) is 5.16 Å². The average Bonchev–Trinajstić information content (AvgIpc) is 3.17. The minimum absolute atomic E-state index is 0.0790. The van der Waals surface area contributed by atoms with Crippen molar-refractivity contribution in [3.05, 3.63) is 21.8 Å². The van der Waals surface area contributed by atoms with Gasteiger partial charge in [-0.1, -0.05) is 18.7 Å². The maximum absolute atomic E-state index is 12.3. The summed E-state index contributed by atoms with van der Waals surface area (Å²) in [6.45, 7) is 6.94. The zero-order chi connectivity index (χ0) is 19.3. The number of thiophene rings is 1. The van der Waals surface area contributed by atoms with E-state index in [9.17, 15) is 14.4 Å². The van der Waals surface area contributed by atoms with Gasteiger partial charge in [0.15, 0.2) is 5.78 Å². The number of nitrogens with zero attached hydrogens (tertiary/aromatic N) is 2. The lowest BCUT2D eigenvalue weighted by Gasteiger charge is -2.06. The van der Waals surface area contributed by atoms with Gasteiger partial charge in [0.25, 0.3) is 0 Å². The number of aromatic amines is 1. The normalized spacial score (nSPS) is 10.6. The molecule has 0 saturated carbocycles. The summed E-state index contributed by atoms with van der Waals surface area (Å²) in [4.78, 5) is 40.9. The van der Waals surface area contributed by atoms with Crippen molar-refractivity contribution >= 4 is 45.8 Å². The van der Waals surface area contributed by atoms with E-state index in [0.717, 1.165) is 23.6 Å². The van der Waals surface area contributed by atoms with Gasteiger partial charge in [-0.3, -0.25) is 14.7 Å². The maximum atomic E-state index is 12.3. The first-order chi connectivity index (χ1) is 12.4. The summed E-state index contributed by atoms with van der Waals surface area (Å²) in [5.74, 6) is -0.216. The third-order valence-electron chi connectivity index (χ3n) is 3.38. The molecule has 2 rings (SSSR count). The van der Waals surface area contributed by atoms with E-state index >= 15 is 0 Å². The Labute approximate surface area is 159 Å². The number of esters is 1. The van der Waals surface area contributed by atoms with Crippen LogP contribution in [0.4, 0.5) is 5.00 Å². The predicted molar refractivity (Wildman–Crippen MR) is 100 cm³/mol. The molecule has 0 bridgehead atoms. The fourth-order valence-electron chi connectivity index (χ4n) is 2.18. The number of aryl methyl sites for hydroxylation is 1. The summed E-state index contributed by atoms with van der Waals surface area (Å²) < 4.78 is 5.04. The molecule has 10 heteroatoms. The summed E-state index contributed by atoms with van der Waals surface area (Å²) in [7, 11) is 0. The molecule has 0 aliphatic carbocycles. The molecule has 0 saturated heterocycles. The van der Waals surface area contributed by atoms with Crippen molar-refractivity contribution in [1.82, 2.24) is 15.2 Å². The first kappa shape index (κ1) is 20.1. The molecule has 2 aromatic rings. The van der Waals surface area contributed by atoms with Crippen molar-refractivity contribution in [2.45, 2.75) is 39.3 Å². The number of hydrogen-bond acceptors (Lipinski definition) is 8. The van der Waals surface area contributed by atoms with E-state index in [1.165, 1.54) is 18.7 Å². The number of nitrogens with one attached hydrogen (secondary N) is 2. The first-order valence-electron chi connectivity index (χ1n) is 8.02.